The van der Waals surface area contributed by atoms with Crippen LogP contribution in [0.5, 0.6) is 0 Å². The molecule has 0 radical (unpaired) electrons. The summed E-state index contributed by atoms with van der Waals surface area (Å²) in [5.74, 6) is -0.185. The second-order valence-corrected chi connectivity index (χ2v) is 6.20. The number of thiophene rings is 1. The van der Waals surface area contributed by atoms with Gasteiger partial charge >= 0.3 is 0 Å². The fraction of sp³-hybridized carbons (Fsp3) is 0.0526. The number of hydrazone groups is 1. The number of amides is 1. The predicted molar refractivity (Wildman–Crippen MR) is 100 cm³/mol. The Labute approximate surface area is 144 Å². The molecule has 4 nitrogen and oxygen atoms in total. The van der Waals surface area contributed by atoms with Crippen LogP contribution in [-0.4, -0.2) is 18.7 Å². The molecular formula is C19H17N3OS. The molecule has 3 rings (SSSR count). The molecule has 0 saturated carbocycles. The number of nitrogens with one attached hydrogen (secondary N) is 2. The van der Waals surface area contributed by atoms with E-state index in [9.17, 15) is 4.79 Å². The number of carbonyl (C=O) groups is 1. The number of para-hydroxylation sites is 1. The average Bonchev–Trinajstić information content (AvgIpc) is 3.11. The highest BCUT2D eigenvalue weighted by molar-refractivity contribution is 7.17. The number of hydrogen-bond acceptors (Lipinski definition) is 4. The third-order valence-electron chi connectivity index (χ3n) is 3.29. The zero-order valence-corrected chi connectivity index (χ0v) is 13.8. The summed E-state index contributed by atoms with van der Waals surface area (Å²) < 4.78 is 0. The van der Waals surface area contributed by atoms with Crippen LogP contribution in [0.1, 0.15) is 4.88 Å². The van der Waals surface area contributed by atoms with Crippen LogP contribution in [0.15, 0.2) is 77.9 Å². The largest absolute Gasteiger partial charge is 0.376 e. The van der Waals surface area contributed by atoms with Crippen molar-refractivity contribution in [2.24, 2.45) is 5.10 Å². The van der Waals surface area contributed by atoms with Gasteiger partial charge in [0, 0.05) is 15.4 Å². The van der Waals surface area contributed by atoms with E-state index in [0.717, 1.165) is 10.6 Å². The van der Waals surface area contributed by atoms with Crippen LogP contribution in [0.3, 0.4) is 0 Å². The lowest BCUT2D eigenvalue weighted by Crippen LogP contribution is -2.25. The molecule has 0 aliphatic carbocycles. The van der Waals surface area contributed by atoms with Gasteiger partial charge < -0.3 is 5.32 Å². The number of carbonyl (C=O) groups excluding carboxylic acids is 1. The van der Waals surface area contributed by atoms with Gasteiger partial charge in [-0.1, -0.05) is 48.5 Å². The first-order valence-electron chi connectivity index (χ1n) is 7.57. The molecule has 5 heteroatoms. The summed E-state index contributed by atoms with van der Waals surface area (Å²) in [5, 5.41) is 7.04. The summed E-state index contributed by atoms with van der Waals surface area (Å²) in [6.45, 7) is 0.182. The van der Waals surface area contributed by atoms with E-state index >= 15 is 0 Å². The van der Waals surface area contributed by atoms with Gasteiger partial charge in [-0.2, -0.15) is 5.10 Å². The van der Waals surface area contributed by atoms with Gasteiger partial charge in [0.15, 0.2) is 0 Å². The zero-order chi connectivity index (χ0) is 16.6. The van der Waals surface area contributed by atoms with Gasteiger partial charge in [-0.25, -0.2) is 5.43 Å². The Kier molecular flexibility index (Phi) is 5.37. The van der Waals surface area contributed by atoms with E-state index in [1.165, 1.54) is 10.4 Å². The third kappa shape index (κ3) is 4.54. The fourth-order valence-corrected chi connectivity index (χ4v) is 3.01. The molecule has 0 unspecified atom stereocenters. The molecule has 0 aliphatic rings. The number of rotatable bonds is 6. The molecule has 2 N–H and O–H groups in total. The van der Waals surface area contributed by atoms with Crippen LogP contribution in [-0.2, 0) is 4.79 Å². The summed E-state index contributed by atoms with van der Waals surface area (Å²) in [4.78, 5) is 13.9. The van der Waals surface area contributed by atoms with E-state index in [2.05, 4.69) is 34.0 Å². The molecule has 0 bridgehead atoms. The van der Waals surface area contributed by atoms with Crippen molar-refractivity contribution in [3.05, 3.63) is 77.7 Å². The van der Waals surface area contributed by atoms with Gasteiger partial charge in [0.05, 0.1) is 12.8 Å². The summed E-state index contributed by atoms with van der Waals surface area (Å²) in [5.41, 5.74) is 4.61. The molecule has 2 aromatic carbocycles. The second kappa shape index (κ2) is 8.08. The monoisotopic (exact) mass is 335 g/mol. The lowest BCUT2D eigenvalue weighted by Gasteiger charge is -2.04. The molecule has 1 amide bonds. The summed E-state index contributed by atoms with van der Waals surface area (Å²) in [7, 11) is 0. The van der Waals surface area contributed by atoms with Crippen molar-refractivity contribution in [3.8, 4) is 10.4 Å². The van der Waals surface area contributed by atoms with Crippen molar-refractivity contribution >= 4 is 29.1 Å². The van der Waals surface area contributed by atoms with Gasteiger partial charge in [0.2, 0.25) is 0 Å². The molecule has 3 aromatic rings. The number of benzene rings is 2. The normalized spacial score (nSPS) is 10.7. The number of anilines is 1. The van der Waals surface area contributed by atoms with E-state index in [1.54, 1.807) is 17.6 Å². The molecule has 0 fully saturated rings. The van der Waals surface area contributed by atoms with Gasteiger partial charge in [0.25, 0.3) is 5.91 Å². The summed E-state index contributed by atoms with van der Waals surface area (Å²) in [6.07, 6.45) is 1.66. The lowest BCUT2D eigenvalue weighted by atomic mass is 10.2. The van der Waals surface area contributed by atoms with E-state index in [4.69, 9.17) is 0 Å². The first-order valence-corrected chi connectivity index (χ1v) is 8.39. The molecule has 120 valence electrons. The molecular weight excluding hydrogens is 318 g/mol. The first kappa shape index (κ1) is 16.0. The molecule has 0 spiro atoms. The van der Waals surface area contributed by atoms with Crippen LogP contribution in [0.25, 0.3) is 10.4 Å². The highest BCUT2D eigenvalue weighted by Gasteiger charge is 2.01. The summed E-state index contributed by atoms with van der Waals surface area (Å²) in [6, 6.07) is 23.8. The number of nitrogens with zero attached hydrogens (tertiary/aromatic N) is 1. The quantitative estimate of drug-likeness (QED) is 0.529. The van der Waals surface area contributed by atoms with Gasteiger partial charge in [0.1, 0.15) is 0 Å². The van der Waals surface area contributed by atoms with E-state index in [1.807, 2.05) is 54.6 Å². The van der Waals surface area contributed by atoms with Crippen molar-refractivity contribution in [2.75, 3.05) is 11.9 Å². The van der Waals surface area contributed by atoms with E-state index < -0.39 is 0 Å². The Morgan fingerprint density at radius 3 is 2.42 bits per heavy atom. The minimum Gasteiger partial charge on any atom is -0.376 e. The van der Waals surface area contributed by atoms with Crippen LogP contribution < -0.4 is 10.7 Å². The standard InChI is InChI=1S/C19H17N3OS/c23-19(14-20-16-9-5-2-6-10-16)22-21-13-17-11-12-18(24-17)15-7-3-1-4-8-15/h1-13,20H,14H2,(H,22,23)/b21-13-. The maximum atomic E-state index is 11.7. The zero-order valence-electron chi connectivity index (χ0n) is 13.0. The van der Waals surface area contributed by atoms with Crippen molar-refractivity contribution in [1.29, 1.82) is 0 Å². The highest BCUT2D eigenvalue weighted by Crippen LogP contribution is 2.26. The van der Waals surface area contributed by atoms with Gasteiger partial charge in [-0.3, -0.25) is 4.79 Å². The van der Waals surface area contributed by atoms with Crippen LogP contribution in [0, 0.1) is 0 Å². The van der Waals surface area contributed by atoms with Crippen LogP contribution >= 0.6 is 11.3 Å². The Morgan fingerprint density at radius 1 is 0.958 bits per heavy atom. The minimum absolute atomic E-state index is 0.182. The maximum absolute atomic E-state index is 11.7. The molecule has 0 atom stereocenters. The Morgan fingerprint density at radius 2 is 1.67 bits per heavy atom. The minimum atomic E-state index is -0.185. The Hall–Kier alpha value is -2.92. The van der Waals surface area contributed by atoms with Gasteiger partial charge in [-0.05, 0) is 29.8 Å². The van der Waals surface area contributed by atoms with Crippen molar-refractivity contribution < 1.29 is 4.79 Å². The smallest absolute Gasteiger partial charge is 0.259 e. The molecule has 24 heavy (non-hydrogen) atoms. The Bertz CT molecular complexity index is 813. The third-order valence-corrected chi connectivity index (χ3v) is 4.36. The average molecular weight is 335 g/mol. The molecule has 0 aliphatic heterocycles. The van der Waals surface area contributed by atoms with E-state index in [-0.39, 0.29) is 12.5 Å². The van der Waals surface area contributed by atoms with Crippen LogP contribution in [0.4, 0.5) is 5.69 Å². The second-order valence-electron chi connectivity index (χ2n) is 5.08. The lowest BCUT2D eigenvalue weighted by molar-refractivity contribution is -0.119. The molecule has 1 heterocycles. The molecule has 0 saturated heterocycles. The predicted octanol–water partition coefficient (Wildman–Crippen LogP) is 3.98. The molecule has 1 aromatic heterocycles. The van der Waals surface area contributed by atoms with E-state index in [0.29, 0.717) is 0 Å². The first-order chi connectivity index (χ1) is 11.8. The Balaban J connectivity index is 1.49. The summed E-state index contributed by atoms with van der Waals surface area (Å²) >= 11 is 1.63. The SMILES string of the molecule is O=C(CNc1ccccc1)N/N=C\c1ccc(-c2ccccc2)s1. The maximum Gasteiger partial charge on any atom is 0.259 e. The van der Waals surface area contributed by atoms with Crippen molar-refractivity contribution in [1.82, 2.24) is 5.43 Å². The van der Waals surface area contributed by atoms with Crippen molar-refractivity contribution in [2.45, 2.75) is 0 Å². The van der Waals surface area contributed by atoms with Gasteiger partial charge in [-0.15, -0.1) is 11.3 Å². The highest BCUT2D eigenvalue weighted by atomic mass is 32.1. The van der Waals surface area contributed by atoms with Crippen LogP contribution in [0.2, 0.25) is 0 Å². The number of hydrogen-bond donors (Lipinski definition) is 2. The fourth-order valence-electron chi connectivity index (χ4n) is 2.13. The topological polar surface area (TPSA) is 53.5 Å². The van der Waals surface area contributed by atoms with Crippen molar-refractivity contribution in [3.63, 3.8) is 0 Å².